The van der Waals surface area contributed by atoms with Gasteiger partial charge in [0.25, 0.3) is 0 Å². The molecule has 20 heavy (non-hydrogen) atoms. The Labute approximate surface area is 130 Å². The normalized spacial score (nSPS) is 11.1. The van der Waals surface area contributed by atoms with Gasteiger partial charge in [0.2, 0.25) is 0 Å². The van der Waals surface area contributed by atoms with Gasteiger partial charge in [-0.1, -0.05) is 5.39 Å². The summed E-state index contributed by atoms with van der Waals surface area (Å²) in [6, 6.07) is 13.4. The Morgan fingerprint density at radius 2 is 2.00 bits per heavy atom. The largest absolute Gasteiger partial charge is 0.303 e. The maximum atomic E-state index is 4.65. The predicted octanol–water partition coefficient (Wildman–Crippen LogP) is 3.45. The minimum absolute atomic E-state index is 0. The molecular weight excluding hydrogens is 426 g/mol. The van der Waals surface area contributed by atoms with Crippen LogP contribution in [0.2, 0.25) is 0 Å². The maximum Gasteiger partial charge on any atom is 0.0624 e. The zero-order chi connectivity index (χ0) is 13.0. The predicted molar refractivity (Wildman–Crippen MR) is 76.3 cm³/mol. The van der Waals surface area contributed by atoms with E-state index in [1.165, 1.54) is 5.56 Å². The maximum absolute atomic E-state index is 4.65. The van der Waals surface area contributed by atoms with Gasteiger partial charge in [-0.3, -0.25) is 0 Å². The van der Waals surface area contributed by atoms with Gasteiger partial charge in [0, 0.05) is 42.9 Å². The van der Waals surface area contributed by atoms with Crippen molar-refractivity contribution >= 4 is 27.3 Å². The Morgan fingerprint density at radius 1 is 1.15 bits per heavy atom. The third-order valence-electron chi connectivity index (χ3n) is 3.72. The van der Waals surface area contributed by atoms with Gasteiger partial charge in [0.1, 0.15) is 0 Å². The monoisotopic (exact) mass is 439 g/mol. The number of rotatable bonds is 0. The molecule has 0 fully saturated rings. The van der Waals surface area contributed by atoms with E-state index in [2.05, 4.69) is 35.2 Å². The second-order valence-electron chi connectivity index (χ2n) is 4.80. The van der Waals surface area contributed by atoms with Crippen molar-refractivity contribution in [2.24, 2.45) is 0 Å². The van der Waals surface area contributed by atoms with Crippen molar-refractivity contribution in [3.05, 3.63) is 53.9 Å². The Bertz CT molecular complexity index is 941. The van der Waals surface area contributed by atoms with Crippen molar-refractivity contribution in [3.8, 4) is 0 Å². The van der Waals surface area contributed by atoms with E-state index in [0.717, 1.165) is 33.0 Å². The Hall–Kier alpha value is -1.77. The minimum Gasteiger partial charge on any atom is -0.303 e. The van der Waals surface area contributed by atoms with Crippen LogP contribution in [0.15, 0.2) is 36.5 Å². The second-order valence-corrected chi connectivity index (χ2v) is 4.80. The number of pyridine rings is 2. The van der Waals surface area contributed by atoms with Gasteiger partial charge >= 0.3 is 0 Å². The SMILES string of the molecule is Cc1nn2c3cccnc3c3[c-]cccc3c2c1C.[Ir]. The Kier molecular flexibility index (Phi) is 3.08. The molecule has 0 atom stereocenters. The van der Waals surface area contributed by atoms with Gasteiger partial charge in [0.15, 0.2) is 0 Å². The quantitative estimate of drug-likeness (QED) is 0.311. The van der Waals surface area contributed by atoms with Crippen molar-refractivity contribution in [3.63, 3.8) is 0 Å². The van der Waals surface area contributed by atoms with Gasteiger partial charge < -0.3 is 4.98 Å². The average molecular weight is 439 g/mol. The molecular formula is C16H12IrN3-. The smallest absolute Gasteiger partial charge is 0.0624 e. The third-order valence-corrected chi connectivity index (χ3v) is 3.72. The number of hydrogen-bond acceptors (Lipinski definition) is 2. The van der Waals surface area contributed by atoms with Crippen LogP contribution in [0.1, 0.15) is 11.3 Å². The molecule has 1 aromatic carbocycles. The van der Waals surface area contributed by atoms with Crippen LogP contribution in [0.5, 0.6) is 0 Å². The summed E-state index contributed by atoms with van der Waals surface area (Å²) < 4.78 is 2.00. The molecule has 1 radical (unpaired) electrons. The fraction of sp³-hybridized carbons (Fsp3) is 0.125. The standard InChI is InChI=1S/C16H12N3.Ir/c1-10-11(2)18-19-14-8-5-9-17-15(14)12-6-3-4-7-13(12)16(10)19;/h3-5,7-9H,1-2H3;/q-1;. The summed E-state index contributed by atoms with van der Waals surface area (Å²) in [5.41, 5.74) is 5.42. The molecule has 0 saturated heterocycles. The summed E-state index contributed by atoms with van der Waals surface area (Å²) in [6.45, 7) is 4.16. The summed E-state index contributed by atoms with van der Waals surface area (Å²) in [7, 11) is 0. The van der Waals surface area contributed by atoms with E-state index in [0.29, 0.717) is 0 Å². The van der Waals surface area contributed by atoms with Gasteiger partial charge in [-0.05, 0) is 31.5 Å². The first-order chi connectivity index (χ1) is 9.27. The fourth-order valence-corrected chi connectivity index (χ4v) is 2.69. The van der Waals surface area contributed by atoms with E-state index in [-0.39, 0.29) is 20.1 Å². The fourth-order valence-electron chi connectivity index (χ4n) is 2.69. The van der Waals surface area contributed by atoms with E-state index in [1.807, 2.05) is 35.8 Å². The van der Waals surface area contributed by atoms with Crippen molar-refractivity contribution < 1.29 is 20.1 Å². The first-order valence-electron chi connectivity index (χ1n) is 6.30. The first kappa shape index (κ1) is 13.2. The number of fused-ring (bicyclic) bond motifs is 6. The third kappa shape index (κ3) is 1.62. The van der Waals surface area contributed by atoms with E-state index in [4.69, 9.17) is 0 Å². The molecule has 4 aromatic rings. The van der Waals surface area contributed by atoms with E-state index >= 15 is 0 Å². The topological polar surface area (TPSA) is 30.2 Å². The Morgan fingerprint density at radius 3 is 2.85 bits per heavy atom. The average Bonchev–Trinajstić information content (AvgIpc) is 2.76. The molecule has 0 aliphatic rings. The van der Waals surface area contributed by atoms with Crippen LogP contribution in [-0.4, -0.2) is 14.6 Å². The molecule has 0 amide bonds. The van der Waals surface area contributed by atoms with Crippen LogP contribution in [0.25, 0.3) is 27.3 Å². The second kappa shape index (κ2) is 4.65. The van der Waals surface area contributed by atoms with Gasteiger partial charge in [-0.15, -0.1) is 29.7 Å². The van der Waals surface area contributed by atoms with Crippen LogP contribution >= 0.6 is 0 Å². The van der Waals surface area contributed by atoms with Crippen molar-refractivity contribution in [1.82, 2.24) is 14.6 Å². The molecule has 0 saturated carbocycles. The van der Waals surface area contributed by atoms with Gasteiger partial charge in [0.05, 0.1) is 5.69 Å². The van der Waals surface area contributed by atoms with Crippen LogP contribution in [0.4, 0.5) is 0 Å². The van der Waals surface area contributed by atoms with Crippen LogP contribution in [-0.2, 0) is 20.1 Å². The molecule has 0 aliphatic heterocycles. The van der Waals surface area contributed by atoms with Crippen LogP contribution in [0.3, 0.4) is 0 Å². The van der Waals surface area contributed by atoms with Crippen molar-refractivity contribution in [2.45, 2.75) is 13.8 Å². The van der Waals surface area contributed by atoms with Crippen molar-refractivity contribution in [1.29, 1.82) is 0 Å². The zero-order valence-electron chi connectivity index (χ0n) is 11.1. The van der Waals surface area contributed by atoms with Gasteiger partial charge in [-0.25, -0.2) is 4.52 Å². The molecule has 0 bridgehead atoms. The van der Waals surface area contributed by atoms with E-state index in [9.17, 15) is 0 Å². The van der Waals surface area contributed by atoms with Crippen molar-refractivity contribution in [2.75, 3.05) is 0 Å². The number of hydrogen-bond donors (Lipinski definition) is 0. The zero-order valence-corrected chi connectivity index (χ0v) is 13.5. The summed E-state index contributed by atoms with van der Waals surface area (Å²) in [4.78, 5) is 4.51. The minimum atomic E-state index is 0. The molecule has 0 N–H and O–H groups in total. The molecule has 101 valence electrons. The van der Waals surface area contributed by atoms with Crippen LogP contribution < -0.4 is 0 Å². The van der Waals surface area contributed by atoms with Crippen LogP contribution in [0, 0.1) is 19.9 Å². The molecule has 3 aromatic heterocycles. The molecule has 0 spiro atoms. The summed E-state index contributed by atoms with van der Waals surface area (Å²) in [5, 5.41) is 6.88. The number of aromatic nitrogens is 3. The first-order valence-corrected chi connectivity index (χ1v) is 6.30. The Balaban J connectivity index is 0.00000121. The summed E-state index contributed by atoms with van der Waals surface area (Å²) in [5.74, 6) is 0. The molecule has 4 rings (SSSR count). The molecule has 4 heteroatoms. The molecule has 0 aliphatic carbocycles. The number of aryl methyl sites for hydroxylation is 2. The molecule has 0 unspecified atom stereocenters. The van der Waals surface area contributed by atoms with Gasteiger partial charge in [-0.2, -0.15) is 5.10 Å². The molecule has 3 heterocycles. The summed E-state index contributed by atoms with van der Waals surface area (Å²) >= 11 is 0. The number of benzene rings is 1. The molecule has 3 nitrogen and oxygen atoms in total. The van der Waals surface area contributed by atoms with E-state index < -0.39 is 0 Å². The van der Waals surface area contributed by atoms with E-state index in [1.54, 1.807) is 0 Å². The summed E-state index contributed by atoms with van der Waals surface area (Å²) in [6.07, 6.45) is 1.82. The number of nitrogens with zero attached hydrogens (tertiary/aromatic N) is 3.